The number of nitrogens with one attached hydrogen (secondary N) is 3. The first-order chi connectivity index (χ1) is 22.8. The predicted octanol–water partition coefficient (Wildman–Crippen LogP) is 6.97. The molecule has 0 fully saturated rings. The van der Waals surface area contributed by atoms with Crippen LogP contribution in [0, 0.1) is 23.8 Å². The van der Waals surface area contributed by atoms with Crippen molar-refractivity contribution in [3.63, 3.8) is 0 Å². The number of rotatable bonds is 8. The number of anilines is 1. The Labute approximate surface area is 266 Å². The molecule has 0 saturated heterocycles. The van der Waals surface area contributed by atoms with E-state index in [-0.39, 0.29) is 36.9 Å². The summed E-state index contributed by atoms with van der Waals surface area (Å²) in [6.07, 6.45) is 6.37. The number of hydrogen-bond acceptors (Lipinski definition) is 8. The molecule has 3 heterocycles. The van der Waals surface area contributed by atoms with Crippen molar-refractivity contribution in [3.05, 3.63) is 95.7 Å². The predicted molar refractivity (Wildman–Crippen MR) is 165 cm³/mol. The zero-order chi connectivity index (χ0) is 34.2. The lowest BCUT2D eigenvalue weighted by atomic mass is 10.1. The highest BCUT2D eigenvalue weighted by atomic mass is 19.1. The van der Waals surface area contributed by atoms with Crippen LogP contribution in [0.2, 0.25) is 0 Å². The normalized spacial score (nSPS) is 11.7. The molecule has 1 aliphatic carbocycles. The van der Waals surface area contributed by atoms with E-state index in [1.165, 1.54) is 36.6 Å². The molecule has 0 radical (unpaired) electrons. The summed E-state index contributed by atoms with van der Waals surface area (Å²) < 4.78 is 65.6. The monoisotopic (exact) mass is 654 g/mol. The lowest BCUT2D eigenvalue weighted by molar-refractivity contribution is -0.119. The number of urea groups is 1. The van der Waals surface area contributed by atoms with Crippen LogP contribution in [0.3, 0.4) is 0 Å². The van der Waals surface area contributed by atoms with Gasteiger partial charge in [-0.15, -0.1) is 4.39 Å². The molecule has 3 aromatic heterocycles. The van der Waals surface area contributed by atoms with Crippen LogP contribution < -0.4 is 15.4 Å². The third kappa shape index (κ3) is 11.0. The summed E-state index contributed by atoms with van der Waals surface area (Å²) in [6, 6.07) is 6.13. The van der Waals surface area contributed by atoms with E-state index in [0.717, 1.165) is 6.07 Å². The first-order valence-corrected chi connectivity index (χ1v) is 14.0. The van der Waals surface area contributed by atoms with Crippen molar-refractivity contribution < 1.29 is 41.1 Å². The largest absolute Gasteiger partial charge is 0.453 e. The van der Waals surface area contributed by atoms with E-state index in [4.69, 9.17) is 9.47 Å². The van der Waals surface area contributed by atoms with Gasteiger partial charge >= 0.3 is 12.2 Å². The van der Waals surface area contributed by atoms with Crippen molar-refractivity contribution in [3.8, 4) is 23.3 Å². The molecule has 11 nitrogen and oxygen atoms in total. The molecule has 3 N–H and O–H groups in total. The molecular formula is C32H30F4N6O5. The maximum Gasteiger partial charge on any atom is 0.405 e. The number of aromatic amines is 1. The van der Waals surface area contributed by atoms with Crippen LogP contribution in [0.1, 0.15) is 38.2 Å². The highest BCUT2D eigenvalue weighted by molar-refractivity contribution is 6.01. The van der Waals surface area contributed by atoms with Crippen molar-refractivity contribution in [2.45, 2.75) is 33.3 Å². The fourth-order valence-electron chi connectivity index (χ4n) is 3.85. The molecule has 3 amide bonds. The van der Waals surface area contributed by atoms with Gasteiger partial charge in [0.2, 0.25) is 5.91 Å². The zero-order valence-corrected chi connectivity index (χ0v) is 25.5. The quantitative estimate of drug-likeness (QED) is 0.105. The first kappa shape index (κ1) is 35.7. The number of carbonyl (C=O) groups excluding carboxylic acids is 2. The van der Waals surface area contributed by atoms with Gasteiger partial charge in [-0.25, -0.2) is 18.6 Å². The fourth-order valence-corrected chi connectivity index (χ4v) is 3.85. The van der Waals surface area contributed by atoms with Gasteiger partial charge in [0.15, 0.2) is 17.4 Å². The van der Waals surface area contributed by atoms with E-state index in [1.807, 2.05) is 13.8 Å². The molecule has 0 aliphatic heterocycles. The standard InChI is InChI=1S/C29H21F3N6O5.C2H6.CH3F/c30-18-4-1-3-17(6-7-18)13-26(39)37-29(40)35-20-8-9-24(22(31)15-20)42-23-10-11-33-27-21(23)14-19(34-27)5-2-12-41-16-25-36-28(32)43-38-25;2*1-2/h3-4,6-11,14-15H,1,12-13,16H2,(H,33,34)(H2,35,37,39,40);1-2H3;1H3. The Morgan fingerprint density at radius 3 is 2.62 bits per heavy atom. The molecule has 15 heteroatoms. The van der Waals surface area contributed by atoms with Crippen LogP contribution in [0.5, 0.6) is 11.5 Å². The third-order valence-corrected chi connectivity index (χ3v) is 5.74. The zero-order valence-electron chi connectivity index (χ0n) is 25.5. The fraction of sp³-hybridized carbons (Fsp3) is 0.219. The van der Waals surface area contributed by atoms with E-state index in [9.17, 15) is 27.2 Å². The summed E-state index contributed by atoms with van der Waals surface area (Å²) >= 11 is 0. The van der Waals surface area contributed by atoms with E-state index in [1.54, 1.807) is 18.2 Å². The summed E-state index contributed by atoms with van der Waals surface area (Å²) in [6.45, 7) is 3.93. The minimum Gasteiger partial charge on any atom is -0.453 e. The molecule has 47 heavy (non-hydrogen) atoms. The summed E-state index contributed by atoms with van der Waals surface area (Å²) in [7, 11) is 0.500. The van der Waals surface area contributed by atoms with Gasteiger partial charge in [-0.3, -0.25) is 14.5 Å². The topological polar surface area (TPSA) is 144 Å². The number of nitrogens with zero attached hydrogens (tertiary/aromatic N) is 3. The summed E-state index contributed by atoms with van der Waals surface area (Å²) in [5, 5.41) is 8.44. The number of aromatic nitrogens is 4. The van der Waals surface area contributed by atoms with Gasteiger partial charge in [-0.1, -0.05) is 37.1 Å². The van der Waals surface area contributed by atoms with Gasteiger partial charge in [0.1, 0.15) is 30.4 Å². The lowest BCUT2D eigenvalue weighted by Gasteiger charge is -2.10. The molecule has 0 saturated carbocycles. The van der Waals surface area contributed by atoms with Gasteiger partial charge in [0.05, 0.1) is 24.7 Å². The van der Waals surface area contributed by atoms with Crippen LogP contribution in [0.25, 0.3) is 11.0 Å². The van der Waals surface area contributed by atoms with Crippen molar-refractivity contribution >= 4 is 28.7 Å². The van der Waals surface area contributed by atoms with E-state index < -0.39 is 29.7 Å². The number of fused-ring (bicyclic) bond motifs is 1. The number of halogens is 4. The summed E-state index contributed by atoms with van der Waals surface area (Å²) in [5.74, 6) is 4.08. The van der Waals surface area contributed by atoms with Crippen LogP contribution in [-0.2, 0) is 16.1 Å². The first-order valence-electron chi connectivity index (χ1n) is 14.0. The van der Waals surface area contributed by atoms with Gasteiger partial charge in [0.25, 0.3) is 0 Å². The average molecular weight is 655 g/mol. The highest BCUT2D eigenvalue weighted by Crippen LogP contribution is 2.31. The molecule has 4 aromatic rings. The van der Waals surface area contributed by atoms with Crippen LogP contribution in [0.15, 0.2) is 76.8 Å². The Bertz CT molecular complexity index is 1840. The second-order valence-corrected chi connectivity index (χ2v) is 8.88. The van der Waals surface area contributed by atoms with E-state index in [0.29, 0.717) is 41.6 Å². The van der Waals surface area contributed by atoms with Crippen LogP contribution in [-0.4, -0.2) is 45.8 Å². The Morgan fingerprint density at radius 1 is 1.06 bits per heavy atom. The lowest BCUT2D eigenvalue weighted by Crippen LogP contribution is -2.34. The number of allylic oxidation sites excluding steroid dienone is 5. The molecule has 0 spiro atoms. The maximum atomic E-state index is 14.9. The van der Waals surface area contributed by atoms with Crippen molar-refractivity contribution in [1.82, 2.24) is 25.4 Å². The highest BCUT2D eigenvalue weighted by Gasteiger charge is 2.14. The summed E-state index contributed by atoms with van der Waals surface area (Å²) in [5.41, 5.74) is 1.57. The van der Waals surface area contributed by atoms with Crippen molar-refractivity contribution in [2.24, 2.45) is 0 Å². The Balaban J connectivity index is 0.00000144. The van der Waals surface area contributed by atoms with Gasteiger partial charge < -0.3 is 24.3 Å². The number of benzene rings is 1. The number of ether oxygens (including phenoxy) is 2. The van der Waals surface area contributed by atoms with Crippen molar-refractivity contribution in [2.75, 3.05) is 19.1 Å². The second-order valence-electron chi connectivity index (χ2n) is 8.88. The van der Waals surface area contributed by atoms with E-state index >= 15 is 0 Å². The van der Waals surface area contributed by atoms with Gasteiger partial charge in [0, 0.05) is 18.0 Å². The second kappa shape index (κ2) is 18.3. The number of alkyl halides is 1. The number of carbonyl (C=O) groups is 2. The molecule has 246 valence electrons. The third-order valence-electron chi connectivity index (χ3n) is 5.74. The molecule has 1 aliphatic rings. The van der Waals surface area contributed by atoms with Crippen LogP contribution >= 0.6 is 0 Å². The minimum atomic E-state index is -1.05. The van der Waals surface area contributed by atoms with Crippen LogP contribution in [0.4, 0.5) is 28.0 Å². The Kier molecular flexibility index (Phi) is 13.9. The number of pyridine rings is 1. The SMILES string of the molecule is CC.CF.O=C(CC1=CCC=C(F)C=C1)NC(=O)Nc1ccc(Oc2ccnc3[nH]c(C#CCOCc4noc(F)n4)cc23)c(F)c1. The minimum absolute atomic E-state index is 0.00839. The average Bonchev–Trinajstić information content (AvgIpc) is 3.62. The Hall–Kier alpha value is -5.75. The van der Waals surface area contributed by atoms with E-state index in [2.05, 4.69) is 47.1 Å². The molecule has 0 atom stereocenters. The smallest absolute Gasteiger partial charge is 0.405 e. The molecule has 5 rings (SSSR count). The number of hydrogen-bond donors (Lipinski definition) is 3. The maximum absolute atomic E-state index is 14.9. The molecule has 0 bridgehead atoms. The van der Waals surface area contributed by atoms with Gasteiger partial charge in [-0.2, -0.15) is 4.98 Å². The molecule has 0 unspecified atom stereocenters. The Morgan fingerprint density at radius 2 is 1.87 bits per heavy atom. The molecular weight excluding hydrogens is 624 g/mol. The number of H-pyrrole nitrogens is 1. The summed E-state index contributed by atoms with van der Waals surface area (Å²) in [4.78, 5) is 35.0. The van der Waals surface area contributed by atoms with Gasteiger partial charge in [-0.05, 0) is 54.3 Å². The van der Waals surface area contributed by atoms with Crippen molar-refractivity contribution in [1.29, 1.82) is 0 Å². The number of imide groups is 1. The molecule has 1 aromatic carbocycles. The number of amides is 3.